The second kappa shape index (κ2) is 5.97. The minimum atomic E-state index is 0.585. The number of hydrogen-bond acceptors (Lipinski definition) is 6. The molecule has 0 spiro atoms. The van der Waals surface area contributed by atoms with Crippen LogP contribution < -0.4 is 10.1 Å². The Bertz CT molecular complexity index is 798. The highest BCUT2D eigenvalue weighted by atomic mass is 16.5. The molecule has 0 amide bonds. The first kappa shape index (κ1) is 14.2. The van der Waals surface area contributed by atoms with Crippen LogP contribution in [0.3, 0.4) is 0 Å². The first-order valence-electron chi connectivity index (χ1n) is 7.18. The highest BCUT2D eigenvalue weighted by Crippen LogP contribution is 2.20. The van der Waals surface area contributed by atoms with Crippen LogP contribution in [0.15, 0.2) is 24.7 Å². The maximum Gasteiger partial charge on any atom is 0.254 e. The van der Waals surface area contributed by atoms with Crippen LogP contribution in [0.1, 0.15) is 23.7 Å². The smallest absolute Gasteiger partial charge is 0.254 e. The number of aryl methyl sites for hydroxylation is 1. The van der Waals surface area contributed by atoms with E-state index in [1.807, 2.05) is 32.9 Å². The van der Waals surface area contributed by atoms with E-state index in [9.17, 15) is 0 Å². The van der Waals surface area contributed by atoms with Crippen LogP contribution in [0.2, 0.25) is 0 Å². The Morgan fingerprint density at radius 1 is 1.27 bits per heavy atom. The molecule has 3 rings (SSSR count). The zero-order chi connectivity index (χ0) is 15.5. The Balaban J connectivity index is 1.91. The van der Waals surface area contributed by atoms with Crippen molar-refractivity contribution in [3.8, 4) is 5.88 Å². The van der Waals surface area contributed by atoms with E-state index in [0.717, 1.165) is 22.6 Å². The molecule has 22 heavy (non-hydrogen) atoms. The van der Waals surface area contributed by atoms with Crippen LogP contribution in [0, 0.1) is 13.8 Å². The predicted octanol–water partition coefficient (Wildman–Crippen LogP) is 2.15. The average Bonchev–Trinajstić information content (AvgIpc) is 2.97. The molecule has 7 heteroatoms. The van der Waals surface area contributed by atoms with Gasteiger partial charge < -0.3 is 10.1 Å². The highest BCUT2D eigenvalue weighted by Gasteiger charge is 2.12. The van der Waals surface area contributed by atoms with Crippen LogP contribution in [-0.2, 0) is 6.54 Å². The summed E-state index contributed by atoms with van der Waals surface area (Å²) < 4.78 is 7.26. The highest BCUT2D eigenvalue weighted by molar-refractivity contribution is 5.52. The Kier molecular flexibility index (Phi) is 3.86. The number of aromatic nitrogens is 5. The molecule has 0 aliphatic rings. The molecular weight excluding hydrogens is 280 g/mol. The van der Waals surface area contributed by atoms with E-state index < -0.39 is 0 Å². The molecule has 3 heterocycles. The van der Waals surface area contributed by atoms with Crippen molar-refractivity contribution in [2.24, 2.45) is 0 Å². The molecule has 0 bridgehead atoms. The summed E-state index contributed by atoms with van der Waals surface area (Å²) in [6.45, 7) is 7.09. The molecule has 7 nitrogen and oxygen atoms in total. The molecule has 0 fully saturated rings. The number of nitrogens with one attached hydrogen (secondary N) is 1. The lowest BCUT2D eigenvalue weighted by molar-refractivity contribution is 0.323. The van der Waals surface area contributed by atoms with Gasteiger partial charge in [-0.25, -0.2) is 9.97 Å². The summed E-state index contributed by atoms with van der Waals surface area (Å²) in [5.41, 5.74) is 2.96. The number of anilines is 1. The zero-order valence-corrected chi connectivity index (χ0v) is 12.9. The number of pyridine rings is 1. The second-order valence-corrected chi connectivity index (χ2v) is 4.90. The van der Waals surface area contributed by atoms with Crippen LogP contribution >= 0.6 is 0 Å². The van der Waals surface area contributed by atoms with E-state index >= 15 is 0 Å². The molecule has 0 saturated heterocycles. The van der Waals surface area contributed by atoms with Gasteiger partial charge in [-0.05, 0) is 26.8 Å². The van der Waals surface area contributed by atoms with E-state index in [2.05, 4.69) is 25.4 Å². The van der Waals surface area contributed by atoms with Gasteiger partial charge in [-0.15, -0.1) is 0 Å². The third-order valence-electron chi connectivity index (χ3n) is 3.48. The van der Waals surface area contributed by atoms with Crippen molar-refractivity contribution in [3.05, 3.63) is 41.5 Å². The van der Waals surface area contributed by atoms with Crippen molar-refractivity contribution >= 4 is 11.6 Å². The fourth-order valence-corrected chi connectivity index (χ4v) is 2.25. The zero-order valence-electron chi connectivity index (χ0n) is 12.9. The lowest BCUT2D eigenvalue weighted by atomic mass is 10.2. The van der Waals surface area contributed by atoms with Crippen molar-refractivity contribution in [2.75, 3.05) is 11.9 Å². The summed E-state index contributed by atoms with van der Waals surface area (Å²) in [5, 5.41) is 7.62. The Labute approximate surface area is 128 Å². The van der Waals surface area contributed by atoms with Gasteiger partial charge in [0.1, 0.15) is 12.1 Å². The lowest BCUT2D eigenvalue weighted by Crippen LogP contribution is -2.11. The minimum Gasteiger partial charge on any atom is -0.478 e. The molecule has 0 unspecified atom stereocenters. The molecule has 3 aromatic heterocycles. The predicted molar refractivity (Wildman–Crippen MR) is 83.0 cm³/mol. The van der Waals surface area contributed by atoms with Crippen molar-refractivity contribution in [2.45, 2.75) is 27.3 Å². The Morgan fingerprint density at radius 3 is 2.95 bits per heavy atom. The molecule has 0 aliphatic heterocycles. The quantitative estimate of drug-likeness (QED) is 0.777. The first-order chi connectivity index (χ1) is 10.7. The topological polar surface area (TPSA) is 77.2 Å². The number of nitrogens with zero attached hydrogens (tertiary/aromatic N) is 5. The SMILES string of the molecule is CCOc1ncccc1CNc1c(C)c(C)nc2ncnn12. The molecule has 3 aromatic rings. The van der Waals surface area contributed by atoms with Crippen molar-refractivity contribution in [3.63, 3.8) is 0 Å². The van der Waals surface area contributed by atoms with Crippen LogP contribution in [-0.4, -0.2) is 31.2 Å². The van der Waals surface area contributed by atoms with Gasteiger partial charge in [0, 0.05) is 29.6 Å². The molecule has 0 atom stereocenters. The summed E-state index contributed by atoms with van der Waals surface area (Å²) in [7, 11) is 0. The largest absolute Gasteiger partial charge is 0.478 e. The van der Waals surface area contributed by atoms with Crippen molar-refractivity contribution < 1.29 is 4.74 Å². The lowest BCUT2D eigenvalue weighted by Gasteiger charge is -2.14. The van der Waals surface area contributed by atoms with Gasteiger partial charge in [-0.2, -0.15) is 14.6 Å². The third-order valence-corrected chi connectivity index (χ3v) is 3.48. The van der Waals surface area contributed by atoms with E-state index in [4.69, 9.17) is 4.74 Å². The van der Waals surface area contributed by atoms with Crippen LogP contribution in [0.4, 0.5) is 5.82 Å². The van der Waals surface area contributed by atoms with Gasteiger partial charge in [0.25, 0.3) is 5.78 Å². The van der Waals surface area contributed by atoms with E-state index in [-0.39, 0.29) is 0 Å². The maximum absolute atomic E-state index is 5.55. The molecule has 0 aromatic carbocycles. The Morgan fingerprint density at radius 2 is 2.14 bits per heavy atom. The number of fused-ring (bicyclic) bond motifs is 1. The molecule has 0 aliphatic carbocycles. The Hall–Kier alpha value is -2.70. The van der Waals surface area contributed by atoms with Gasteiger partial charge in [0.2, 0.25) is 5.88 Å². The van der Waals surface area contributed by atoms with Crippen molar-refractivity contribution in [1.29, 1.82) is 0 Å². The number of ether oxygens (including phenoxy) is 1. The average molecular weight is 298 g/mol. The molecule has 0 radical (unpaired) electrons. The van der Waals surface area contributed by atoms with Gasteiger partial charge >= 0.3 is 0 Å². The van der Waals surface area contributed by atoms with Gasteiger partial charge in [0.15, 0.2) is 0 Å². The molecule has 1 N–H and O–H groups in total. The third kappa shape index (κ3) is 2.57. The fraction of sp³-hybridized carbons (Fsp3) is 0.333. The van der Waals surface area contributed by atoms with Gasteiger partial charge in [0.05, 0.1) is 6.61 Å². The van der Waals surface area contributed by atoms with E-state index in [1.165, 1.54) is 6.33 Å². The molecule has 0 saturated carbocycles. The van der Waals surface area contributed by atoms with Gasteiger partial charge in [-0.1, -0.05) is 6.07 Å². The summed E-state index contributed by atoms with van der Waals surface area (Å²) >= 11 is 0. The standard InChI is InChI=1S/C15H18N6O/c1-4-22-14-12(6-5-7-16-14)8-17-13-10(2)11(3)20-15-18-9-19-21(13)15/h5-7,9,17H,4,8H2,1-3H3. The summed E-state index contributed by atoms with van der Waals surface area (Å²) in [5.74, 6) is 2.11. The summed E-state index contributed by atoms with van der Waals surface area (Å²) in [6.07, 6.45) is 3.23. The number of hydrogen-bond donors (Lipinski definition) is 1. The minimum absolute atomic E-state index is 0.585. The molecular formula is C15H18N6O. The fourth-order valence-electron chi connectivity index (χ4n) is 2.25. The molecule has 114 valence electrons. The monoisotopic (exact) mass is 298 g/mol. The van der Waals surface area contributed by atoms with E-state index in [1.54, 1.807) is 10.7 Å². The van der Waals surface area contributed by atoms with Gasteiger partial charge in [-0.3, -0.25) is 0 Å². The van der Waals surface area contributed by atoms with Crippen molar-refractivity contribution in [1.82, 2.24) is 24.6 Å². The van der Waals surface area contributed by atoms with Crippen LogP contribution in [0.25, 0.3) is 5.78 Å². The summed E-state index contributed by atoms with van der Waals surface area (Å²) in [6, 6.07) is 3.89. The first-order valence-corrected chi connectivity index (χ1v) is 7.18. The summed E-state index contributed by atoms with van der Waals surface area (Å²) in [4.78, 5) is 12.8. The normalized spacial score (nSPS) is 10.9. The second-order valence-electron chi connectivity index (χ2n) is 4.90. The number of rotatable bonds is 5. The maximum atomic E-state index is 5.55. The van der Waals surface area contributed by atoms with E-state index in [0.29, 0.717) is 24.8 Å². The van der Waals surface area contributed by atoms with Crippen LogP contribution in [0.5, 0.6) is 5.88 Å².